The molecule has 15 heavy (non-hydrogen) atoms. The Morgan fingerprint density at radius 3 is 2.33 bits per heavy atom. The Hall–Kier alpha value is -0.530. The molecule has 0 aliphatic rings. The Kier molecular flexibility index (Phi) is 8.44. The maximum Gasteiger partial charge on any atom is 0.305 e. The number of rotatable bonds is 8. The van der Waals surface area contributed by atoms with Crippen molar-refractivity contribution in [3.63, 3.8) is 0 Å². The molecule has 0 aromatic rings. The SMILES string of the molecule is CCCCC(C)CC(C)CCC(=O)OC. The van der Waals surface area contributed by atoms with Crippen LogP contribution in [0.4, 0.5) is 0 Å². The number of ether oxygens (including phenoxy) is 1. The molecular weight excluding hydrogens is 188 g/mol. The van der Waals surface area contributed by atoms with Crippen LogP contribution in [-0.4, -0.2) is 13.1 Å². The minimum atomic E-state index is -0.0805. The fourth-order valence-electron chi connectivity index (χ4n) is 1.94. The van der Waals surface area contributed by atoms with Crippen molar-refractivity contribution < 1.29 is 9.53 Å². The van der Waals surface area contributed by atoms with E-state index in [1.807, 2.05) is 0 Å². The lowest BCUT2D eigenvalue weighted by molar-refractivity contribution is -0.140. The first-order chi connectivity index (χ1) is 7.10. The molecule has 0 fully saturated rings. The van der Waals surface area contributed by atoms with E-state index in [1.54, 1.807) is 0 Å². The summed E-state index contributed by atoms with van der Waals surface area (Å²) in [5, 5.41) is 0. The van der Waals surface area contributed by atoms with Crippen molar-refractivity contribution in [1.29, 1.82) is 0 Å². The summed E-state index contributed by atoms with van der Waals surface area (Å²) < 4.78 is 4.63. The molecule has 0 saturated heterocycles. The Labute approximate surface area is 94.4 Å². The molecule has 2 unspecified atom stereocenters. The van der Waals surface area contributed by atoms with Crippen LogP contribution >= 0.6 is 0 Å². The highest BCUT2D eigenvalue weighted by Gasteiger charge is 2.10. The molecule has 0 N–H and O–H groups in total. The van der Waals surface area contributed by atoms with Crippen LogP contribution in [-0.2, 0) is 9.53 Å². The molecule has 0 aliphatic heterocycles. The van der Waals surface area contributed by atoms with Crippen molar-refractivity contribution in [2.75, 3.05) is 7.11 Å². The molecule has 2 heteroatoms. The fourth-order valence-corrected chi connectivity index (χ4v) is 1.94. The average Bonchev–Trinajstić information content (AvgIpc) is 2.22. The number of hydrogen-bond donors (Lipinski definition) is 0. The number of carbonyl (C=O) groups excluding carboxylic acids is 1. The molecule has 2 nitrogen and oxygen atoms in total. The van der Waals surface area contributed by atoms with Gasteiger partial charge < -0.3 is 4.74 Å². The van der Waals surface area contributed by atoms with E-state index < -0.39 is 0 Å². The van der Waals surface area contributed by atoms with Gasteiger partial charge >= 0.3 is 5.97 Å². The zero-order chi connectivity index (χ0) is 11.7. The van der Waals surface area contributed by atoms with Gasteiger partial charge in [0.25, 0.3) is 0 Å². The van der Waals surface area contributed by atoms with Crippen LogP contribution < -0.4 is 0 Å². The lowest BCUT2D eigenvalue weighted by Crippen LogP contribution is -2.07. The van der Waals surface area contributed by atoms with Gasteiger partial charge in [0.1, 0.15) is 0 Å². The van der Waals surface area contributed by atoms with Crippen molar-refractivity contribution in [2.24, 2.45) is 11.8 Å². The van der Waals surface area contributed by atoms with E-state index >= 15 is 0 Å². The molecule has 2 atom stereocenters. The number of carbonyl (C=O) groups is 1. The van der Waals surface area contributed by atoms with Crippen LogP contribution in [0.3, 0.4) is 0 Å². The van der Waals surface area contributed by atoms with Gasteiger partial charge in [0.15, 0.2) is 0 Å². The monoisotopic (exact) mass is 214 g/mol. The van der Waals surface area contributed by atoms with Crippen LogP contribution in [0.1, 0.15) is 59.3 Å². The first-order valence-corrected chi connectivity index (χ1v) is 6.16. The van der Waals surface area contributed by atoms with Crippen LogP contribution in [0.25, 0.3) is 0 Å². The summed E-state index contributed by atoms with van der Waals surface area (Å²) in [6.45, 7) is 6.77. The van der Waals surface area contributed by atoms with Gasteiger partial charge in [0.2, 0.25) is 0 Å². The normalized spacial score (nSPS) is 14.7. The zero-order valence-electron chi connectivity index (χ0n) is 10.7. The third-order valence-corrected chi connectivity index (χ3v) is 2.92. The summed E-state index contributed by atoms with van der Waals surface area (Å²) in [5.41, 5.74) is 0. The average molecular weight is 214 g/mol. The molecule has 0 aromatic carbocycles. The first-order valence-electron chi connectivity index (χ1n) is 6.16. The highest BCUT2D eigenvalue weighted by molar-refractivity contribution is 5.69. The van der Waals surface area contributed by atoms with Crippen LogP contribution in [0, 0.1) is 11.8 Å². The van der Waals surface area contributed by atoms with Crippen molar-refractivity contribution in [1.82, 2.24) is 0 Å². The highest BCUT2D eigenvalue weighted by Crippen LogP contribution is 2.20. The van der Waals surface area contributed by atoms with Gasteiger partial charge in [-0.2, -0.15) is 0 Å². The molecule has 0 rings (SSSR count). The van der Waals surface area contributed by atoms with E-state index in [2.05, 4.69) is 25.5 Å². The standard InChI is InChI=1S/C13H26O2/c1-5-6-7-11(2)10-12(3)8-9-13(14)15-4/h11-12H,5-10H2,1-4H3. The maximum absolute atomic E-state index is 11.0. The third-order valence-electron chi connectivity index (χ3n) is 2.92. The minimum absolute atomic E-state index is 0.0805. The number of unbranched alkanes of at least 4 members (excludes halogenated alkanes) is 1. The van der Waals surface area contributed by atoms with Crippen LogP contribution in [0.5, 0.6) is 0 Å². The van der Waals surface area contributed by atoms with E-state index in [0.29, 0.717) is 12.3 Å². The predicted octanol–water partition coefficient (Wildman–Crippen LogP) is 3.79. The van der Waals surface area contributed by atoms with Gasteiger partial charge in [0.05, 0.1) is 7.11 Å². The summed E-state index contributed by atoms with van der Waals surface area (Å²) in [4.78, 5) is 11.0. The lowest BCUT2D eigenvalue weighted by atomic mass is 9.90. The molecular formula is C13H26O2. The largest absolute Gasteiger partial charge is 0.469 e. The summed E-state index contributed by atoms with van der Waals surface area (Å²) >= 11 is 0. The predicted molar refractivity (Wildman–Crippen MR) is 63.7 cm³/mol. The van der Waals surface area contributed by atoms with Crippen molar-refractivity contribution in [3.8, 4) is 0 Å². The first kappa shape index (κ1) is 14.5. The van der Waals surface area contributed by atoms with E-state index in [4.69, 9.17) is 0 Å². The lowest BCUT2D eigenvalue weighted by Gasteiger charge is -2.16. The van der Waals surface area contributed by atoms with Gasteiger partial charge in [-0.25, -0.2) is 0 Å². The molecule has 0 radical (unpaired) electrons. The molecule has 0 spiro atoms. The smallest absolute Gasteiger partial charge is 0.305 e. The number of hydrogen-bond acceptors (Lipinski definition) is 2. The zero-order valence-corrected chi connectivity index (χ0v) is 10.7. The Morgan fingerprint density at radius 1 is 1.20 bits per heavy atom. The van der Waals surface area contributed by atoms with E-state index in [1.165, 1.54) is 32.8 Å². The Bertz CT molecular complexity index is 166. The van der Waals surface area contributed by atoms with Gasteiger partial charge in [-0.05, 0) is 24.7 Å². The van der Waals surface area contributed by atoms with Gasteiger partial charge in [0, 0.05) is 6.42 Å². The summed E-state index contributed by atoms with van der Waals surface area (Å²) in [6.07, 6.45) is 6.68. The van der Waals surface area contributed by atoms with Crippen LogP contribution in [0.15, 0.2) is 0 Å². The quantitative estimate of drug-likeness (QED) is 0.575. The second-order valence-electron chi connectivity index (χ2n) is 4.70. The molecule has 0 heterocycles. The van der Waals surface area contributed by atoms with E-state index in [-0.39, 0.29) is 5.97 Å². The Morgan fingerprint density at radius 2 is 1.80 bits per heavy atom. The van der Waals surface area contributed by atoms with Crippen LogP contribution in [0.2, 0.25) is 0 Å². The molecule has 0 aromatic heterocycles. The molecule has 0 aliphatic carbocycles. The second kappa shape index (κ2) is 8.75. The van der Waals surface area contributed by atoms with Crippen molar-refractivity contribution >= 4 is 5.97 Å². The summed E-state index contributed by atoms with van der Waals surface area (Å²) in [5.74, 6) is 1.34. The molecule has 0 bridgehead atoms. The molecule has 0 saturated carbocycles. The summed E-state index contributed by atoms with van der Waals surface area (Å²) in [7, 11) is 1.46. The van der Waals surface area contributed by atoms with Crippen molar-refractivity contribution in [3.05, 3.63) is 0 Å². The number of methoxy groups -OCH3 is 1. The van der Waals surface area contributed by atoms with Crippen molar-refractivity contribution in [2.45, 2.75) is 59.3 Å². The third kappa shape index (κ3) is 8.46. The minimum Gasteiger partial charge on any atom is -0.469 e. The molecule has 0 amide bonds. The van der Waals surface area contributed by atoms with Gasteiger partial charge in [-0.1, -0.05) is 40.0 Å². The maximum atomic E-state index is 11.0. The van der Waals surface area contributed by atoms with Gasteiger partial charge in [-0.15, -0.1) is 0 Å². The Balaban J connectivity index is 3.54. The van der Waals surface area contributed by atoms with E-state index in [0.717, 1.165) is 12.3 Å². The summed E-state index contributed by atoms with van der Waals surface area (Å²) in [6, 6.07) is 0. The second-order valence-corrected chi connectivity index (χ2v) is 4.70. The topological polar surface area (TPSA) is 26.3 Å². The highest BCUT2D eigenvalue weighted by atomic mass is 16.5. The molecule has 90 valence electrons. The van der Waals surface area contributed by atoms with Gasteiger partial charge in [-0.3, -0.25) is 4.79 Å². The number of esters is 1. The van der Waals surface area contributed by atoms with E-state index in [9.17, 15) is 4.79 Å². The fraction of sp³-hybridized carbons (Fsp3) is 0.923.